The molecule has 0 unspecified atom stereocenters. The Morgan fingerprint density at radius 3 is 2.80 bits per heavy atom. The van der Waals surface area contributed by atoms with Crippen LogP contribution in [0, 0.1) is 0 Å². The van der Waals surface area contributed by atoms with Crippen LogP contribution in [0.1, 0.15) is 17.3 Å². The van der Waals surface area contributed by atoms with Crippen molar-refractivity contribution in [3.63, 3.8) is 0 Å². The summed E-state index contributed by atoms with van der Waals surface area (Å²) in [6.45, 7) is 2.17. The molecule has 1 heterocycles. The molecule has 1 aromatic heterocycles. The van der Waals surface area contributed by atoms with E-state index in [0.29, 0.717) is 22.5 Å². The first-order valence-corrected chi connectivity index (χ1v) is 7.93. The largest absolute Gasteiger partial charge is 0.507 e. The lowest BCUT2D eigenvalue weighted by Gasteiger charge is -2.14. The normalized spacial score (nSPS) is 10.6. The molecule has 128 valence electrons. The monoisotopic (exact) mass is 358 g/mol. The number of phenolic OH excluding ortho intramolecular Hbond substituents is 1. The molecule has 0 aliphatic carbocycles. The van der Waals surface area contributed by atoms with Crippen molar-refractivity contribution in [1.82, 2.24) is 15.0 Å². The Hall–Kier alpha value is -3.06. The summed E-state index contributed by atoms with van der Waals surface area (Å²) in [6, 6.07) is 11.1. The number of hydrogen-bond acceptors (Lipinski definition) is 5. The van der Waals surface area contributed by atoms with Gasteiger partial charge in [0.25, 0.3) is 11.5 Å². The van der Waals surface area contributed by atoms with Crippen molar-refractivity contribution in [3.8, 4) is 5.75 Å². The maximum atomic E-state index is 12.5. The number of benzene rings is 2. The molecular formula is C17H15ClN4O3. The Morgan fingerprint density at radius 2 is 2.04 bits per heavy atom. The van der Waals surface area contributed by atoms with Crippen molar-refractivity contribution in [2.75, 3.05) is 5.43 Å². The maximum absolute atomic E-state index is 12.5. The number of nitrogens with one attached hydrogen (secondary N) is 2. The zero-order valence-electron chi connectivity index (χ0n) is 13.3. The van der Waals surface area contributed by atoms with E-state index in [0.717, 1.165) is 0 Å². The second-order valence-corrected chi connectivity index (χ2v) is 5.68. The fourth-order valence-electron chi connectivity index (χ4n) is 2.43. The summed E-state index contributed by atoms with van der Waals surface area (Å²) in [7, 11) is 0. The lowest BCUT2D eigenvalue weighted by molar-refractivity contribution is 0.0959. The third-order valence-corrected chi connectivity index (χ3v) is 3.90. The minimum atomic E-state index is -0.606. The van der Waals surface area contributed by atoms with E-state index in [4.69, 9.17) is 11.6 Å². The second kappa shape index (κ2) is 6.82. The third-order valence-electron chi connectivity index (χ3n) is 3.67. The molecule has 3 rings (SSSR count). The van der Waals surface area contributed by atoms with Gasteiger partial charge in [-0.15, -0.1) is 0 Å². The zero-order chi connectivity index (χ0) is 18.0. The number of aromatic nitrogens is 2. The van der Waals surface area contributed by atoms with Gasteiger partial charge in [-0.3, -0.25) is 25.0 Å². The quantitative estimate of drug-likeness (QED) is 0.623. The first kappa shape index (κ1) is 16.8. The van der Waals surface area contributed by atoms with Gasteiger partial charge in [-0.25, -0.2) is 4.98 Å². The maximum Gasteiger partial charge on any atom is 0.273 e. The van der Waals surface area contributed by atoms with E-state index < -0.39 is 5.91 Å². The molecule has 3 aromatic rings. The minimum absolute atomic E-state index is 0.00573. The summed E-state index contributed by atoms with van der Waals surface area (Å²) in [5.74, 6) is -0.616. The van der Waals surface area contributed by atoms with Gasteiger partial charge < -0.3 is 5.11 Å². The molecule has 1 amide bonds. The van der Waals surface area contributed by atoms with Crippen molar-refractivity contribution < 1.29 is 9.90 Å². The number of hydrogen-bond donors (Lipinski definition) is 3. The summed E-state index contributed by atoms with van der Waals surface area (Å²) in [5, 5.41) is 10.6. The third kappa shape index (κ3) is 3.27. The van der Waals surface area contributed by atoms with Crippen LogP contribution in [0.25, 0.3) is 10.9 Å². The van der Waals surface area contributed by atoms with Crippen LogP contribution in [0.4, 0.5) is 5.95 Å². The number of hydrazine groups is 1. The highest BCUT2D eigenvalue weighted by molar-refractivity contribution is 6.31. The zero-order valence-corrected chi connectivity index (χ0v) is 14.0. The lowest BCUT2D eigenvalue weighted by Crippen LogP contribution is -2.34. The Balaban J connectivity index is 1.91. The molecule has 0 saturated carbocycles. The average molecular weight is 359 g/mol. The smallest absolute Gasteiger partial charge is 0.273 e. The first-order valence-electron chi connectivity index (χ1n) is 7.55. The van der Waals surface area contributed by atoms with Crippen LogP contribution in [0.3, 0.4) is 0 Å². The minimum Gasteiger partial charge on any atom is -0.507 e. The molecule has 3 N–H and O–H groups in total. The number of nitrogens with zero attached hydrogens (tertiary/aromatic N) is 2. The number of rotatable bonds is 4. The van der Waals surface area contributed by atoms with Crippen LogP contribution in [-0.4, -0.2) is 20.6 Å². The molecule has 0 spiro atoms. The summed E-state index contributed by atoms with van der Waals surface area (Å²) < 4.78 is 1.40. The number of fused-ring (bicyclic) bond motifs is 1. The van der Waals surface area contributed by atoms with Gasteiger partial charge in [0.2, 0.25) is 5.95 Å². The van der Waals surface area contributed by atoms with Crippen LogP contribution in [-0.2, 0) is 6.54 Å². The Morgan fingerprint density at radius 1 is 1.28 bits per heavy atom. The van der Waals surface area contributed by atoms with Gasteiger partial charge >= 0.3 is 0 Å². The van der Waals surface area contributed by atoms with Gasteiger partial charge in [0.1, 0.15) is 5.75 Å². The number of aromatic hydroxyl groups is 1. The van der Waals surface area contributed by atoms with E-state index in [1.165, 1.54) is 22.8 Å². The van der Waals surface area contributed by atoms with Crippen molar-refractivity contribution in [2.24, 2.45) is 0 Å². The number of para-hydroxylation sites is 1. The highest BCUT2D eigenvalue weighted by Crippen LogP contribution is 2.21. The van der Waals surface area contributed by atoms with E-state index in [2.05, 4.69) is 15.8 Å². The average Bonchev–Trinajstić information content (AvgIpc) is 2.62. The number of halogens is 1. The van der Waals surface area contributed by atoms with Crippen LogP contribution in [0.5, 0.6) is 5.75 Å². The number of carbonyl (C=O) groups excluding carboxylic acids is 1. The molecule has 2 aromatic carbocycles. The van der Waals surface area contributed by atoms with Gasteiger partial charge in [0.05, 0.1) is 16.5 Å². The molecule has 7 nitrogen and oxygen atoms in total. The fraction of sp³-hybridized carbons (Fsp3) is 0.118. The van der Waals surface area contributed by atoms with E-state index in [1.807, 2.05) is 0 Å². The predicted octanol–water partition coefficient (Wildman–Crippen LogP) is 2.53. The Bertz CT molecular complexity index is 1020. The molecule has 0 fully saturated rings. The van der Waals surface area contributed by atoms with Gasteiger partial charge in [-0.1, -0.05) is 23.7 Å². The second-order valence-electron chi connectivity index (χ2n) is 5.24. The van der Waals surface area contributed by atoms with E-state index in [1.54, 1.807) is 31.2 Å². The van der Waals surface area contributed by atoms with Crippen molar-refractivity contribution in [3.05, 3.63) is 63.4 Å². The van der Waals surface area contributed by atoms with Crippen LogP contribution in [0.2, 0.25) is 5.02 Å². The molecule has 0 bridgehead atoms. The predicted molar refractivity (Wildman–Crippen MR) is 95.9 cm³/mol. The van der Waals surface area contributed by atoms with Crippen LogP contribution >= 0.6 is 11.6 Å². The fourth-order valence-corrected chi connectivity index (χ4v) is 2.60. The Kier molecular flexibility index (Phi) is 4.58. The molecule has 0 saturated heterocycles. The summed E-state index contributed by atoms with van der Waals surface area (Å²) >= 11 is 5.84. The van der Waals surface area contributed by atoms with Crippen molar-refractivity contribution in [1.29, 1.82) is 0 Å². The topological polar surface area (TPSA) is 96.2 Å². The van der Waals surface area contributed by atoms with Crippen LogP contribution < -0.4 is 16.4 Å². The van der Waals surface area contributed by atoms with E-state index in [-0.39, 0.29) is 22.8 Å². The molecule has 8 heteroatoms. The van der Waals surface area contributed by atoms with Gasteiger partial charge in [-0.05, 0) is 37.3 Å². The molecule has 25 heavy (non-hydrogen) atoms. The summed E-state index contributed by atoms with van der Waals surface area (Å²) in [5.41, 5.74) is 5.37. The van der Waals surface area contributed by atoms with Crippen molar-refractivity contribution in [2.45, 2.75) is 13.5 Å². The highest BCUT2D eigenvalue weighted by Gasteiger charge is 2.14. The number of phenols is 1. The highest BCUT2D eigenvalue weighted by atomic mass is 35.5. The molecular weight excluding hydrogens is 344 g/mol. The standard InChI is InChI=1S/C17H15ClN4O3/c1-2-22-16(25)11-5-3-4-6-13(11)19-17(22)21-20-15(24)12-9-10(18)7-8-14(12)23/h3-9,23H,2H2,1H3,(H,19,21)(H,20,24). The number of anilines is 1. The van der Waals surface area contributed by atoms with E-state index >= 15 is 0 Å². The summed E-state index contributed by atoms with van der Waals surface area (Å²) in [4.78, 5) is 29.1. The molecule has 0 aliphatic rings. The van der Waals surface area contributed by atoms with Crippen LogP contribution in [0.15, 0.2) is 47.3 Å². The van der Waals surface area contributed by atoms with Gasteiger partial charge in [-0.2, -0.15) is 0 Å². The van der Waals surface area contributed by atoms with Gasteiger partial charge in [0.15, 0.2) is 0 Å². The molecule has 0 atom stereocenters. The summed E-state index contributed by atoms with van der Waals surface area (Å²) in [6.07, 6.45) is 0. The molecule has 0 radical (unpaired) electrons. The van der Waals surface area contributed by atoms with Crippen molar-refractivity contribution >= 4 is 34.4 Å². The number of carbonyl (C=O) groups is 1. The number of amides is 1. The van der Waals surface area contributed by atoms with E-state index in [9.17, 15) is 14.7 Å². The molecule has 0 aliphatic heterocycles. The SMILES string of the molecule is CCn1c(NNC(=O)c2cc(Cl)ccc2O)nc2ccccc2c1=O. The van der Waals surface area contributed by atoms with Gasteiger partial charge in [0, 0.05) is 11.6 Å². The Labute approximate surface area is 147 Å². The lowest BCUT2D eigenvalue weighted by atomic mass is 10.2. The first-order chi connectivity index (χ1) is 12.0.